The molecule has 0 atom stereocenters. The first-order chi connectivity index (χ1) is 9.44. The highest BCUT2D eigenvalue weighted by molar-refractivity contribution is 7.92. The summed E-state index contributed by atoms with van der Waals surface area (Å²) in [5.74, 6) is 0.404. The van der Waals surface area contributed by atoms with E-state index in [1.807, 2.05) is 0 Å². The zero-order valence-corrected chi connectivity index (χ0v) is 11.6. The second-order valence-electron chi connectivity index (χ2n) is 4.16. The molecule has 1 aromatic carbocycles. The average molecular weight is 291 g/mol. The zero-order valence-electron chi connectivity index (χ0n) is 10.7. The number of rotatable bonds is 5. The molecular weight excluding hydrogens is 278 g/mol. The summed E-state index contributed by atoms with van der Waals surface area (Å²) in [6.07, 6.45) is 5.57. The van der Waals surface area contributed by atoms with E-state index in [0.29, 0.717) is 17.0 Å². The molecule has 2 rings (SSSR count). The maximum Gasteiger partial charge on any atom is 0.229 e. The lowest BCUT2D eigenvalue weighted by atomic mass is 10.1. The molecular formula is C14H13NO4S. The Hall–Kier alpha value is -2.34. The molecule has 0 aliphatic heterocycles. The van der Waals surface area contributed by atoms with Gasteiger partial charge in [-0.05, 0) is 48.6 Å². The van der Waals surface area contributed by atoms with E-state index < -0.39 is 10.0 Å². The van der Waals surface area contributed by atoms with Gasteiger partial charge in [-0.25, -0.2) is 8.42 Å². The van der Waals surface area contributed by atoms with Crippen LogP contribution in [0.1, 0.15) is 16.1 Å². The van der Waals surface area contributed by atoms with Crippen molar-refractivity contribution in [2.75, 3.05) is 11.0 Å². The molecule has 1 heterocycles. The minimum Gasteiger partial charge on any atom is -0.465 e. The molecule has 104 valence electrons. The number of allylic oxidation sites excluding steroid dienone is 1. The van der Waals surface area contributed by atoms with Crippen LogP contribution in [0.3, 0.4) is 0 Å². The third kappa shape index (κ3) is 4.10. The number of anilines is 1. The second-order valence-corrected chi connectivity index (χ2v) is 5.91. The van der Waals surface area contributed by atoms with Crippen LogP contribution >= 0.6 is 0 Å². The van der Waals surface area contributed by atoms with E-state index in [4.69, 9.17) is 4.42 Å². The molecule has 0 aliphatic carbocycles. The summed E-state index contributed by atoms with van der Waals surface area (Å²) in [7, 11) is -3.31. The molecule has 0 saturated carbocycles. The predicted molar refractivity (Wildman–Crippen MR) is 77.0 cm³/mol. The lowest BCUT2D eigenvalue weighted by molar-refractivity contribution is 0.104. The maximum absolute atomic E-state index is 11.9. The van der Waals surface area contributed by atoms with E-state index in [-0.39, 0.29) is 5.78 Å². The van der Waals surface area contributed by atoms with E-state index in [1.165, 1.54) is 24.5 Å². The summed E-state index contributed by atoms with van der Waals surface area (Å²) in [4.78, 5) is 11.9. The van der Waals surface area contributed by atoms with Crippen LogP contribution in [0.5, 0.6) is 0 Å². The van der Waals surface area contributed by atoms with Crippen molar-refractivity contribution in [2.45, 2.75) is 0 Å². The van der Waals surface area contributed by atoms with E-state index in [9.17, 15) is 13.2 Å². The first-order valence-electron chi connectivity index (χ1n) is 5.78. The molecule has 1 N–H and O–H groups in total. The molecule has 5 nitrogen and oxygen atoms in total. The Balaban J connectivity index is 2.08. The minimum absolute atomic E-state index is 0.188. The Morgan fingerprint density at radius 2 is 1.90 bits per heavy atom. The highest BCUT2D eigenvalue weighted by Gasteiger charge is 2.04. The third-order valence-electron chi connectivity index (χ3n) is 2.41. The molecule has 1 aromatic heterocycles. The van der Waals surface area contributed by atoms with Crippen LogP contribution in [0.4, 0.5) is 5.69 Å². The molecule has 0 amide bonds. The molecule has 0 saturated heterocycles. The summed E-state index contributed by atoms with van der Waals surface area (Å²) in [6, 6.07) is 9.66. The average Bonchev–Trinajstić information content (AvgIpc) is 2.88. The second kappa shape index (κ2) is 5.75. The zero-order chi connectivity index (χ0) is 14.6. The minimum atomic E-state index is -3.31. The van der Waals surface area contributed by atoms with Crippen molar-refractivity contribution < 1.29 is 17.6 Å². The Kier molecular flexibility index (Phi) is 4.05. The monoisotopic (exact) mass is 291 g/mol. The van der Waals surface area contributed by atoms with Gasteiger partial charge in [-0.2, -0.15) is 0 Å². The molecule has 0 unspecified atom stereocenters. The molecule has 0 fully saturated rings. The lowest BCUT2D eigenvalue weighted by Gasteiger charge is -2.03. The molecule has 2 aromatic rings. The third-order valence-corrected chi connectivity index (χ3v) is 3.02. The molecule has 0 spiro atoms. The van der Waals surface area contributed by atoms with E-state index >= 15 is 0 Å². The van der Waals surface area contributed by atoms with Gasteiger partial charge in [0.2, 0.25) is 10.0 Å². The fourth-order valence-electron chi connectivity index (χ4n) is 1.56. The Bertz CT molecular complexity index is 713. The fourth-order valence-corrected chi connectivity index (χ4v) is 2.12. The van der Waals surface area contributed by atoms with Crippen LogP contribution in [-0.2, 0) is 10.0 Å². The highest BCUT2D eigenvalue weighted by atomic mass is 32.2. The topological polar surface area (TPSA) is 76.4 Å². The summed E-state index contributed by atoms with van der Waals surface area (Å²) < 4.78 is 29.5. The van der Waals surface area contributed by atoms with Crippen molar-refractivity contribution in [3.63, 3.8) is 0 Å². The Morgan fingerprint density at radius 3 is 2.45 bits per heavy atom. The molecule has 0 radical (unpaired) electrons. The van der Waals surface area contributed by atoms with Crippen molar-refractivity contribution in [2.24, 2.45) is 0 Å². The largest absolute Gasteiger partial charge is 0.465 e. The molecule has 20 heavy (non-hydrogen) atoms. The van der Waals surface area contributed by atoms with E-state index in [0.717, 1.165) is 6.26 Å². The number of sulfonamides is 1. The fraction of sp³-hybridized carbons (Fsp3) is 0.0714. The van der Waals surface area contributed by atoms with Gasteiger partial charge in [0, 0.05) is 11.3 Å². The molecule has 6 heteroatoms. The van der Waals surface area contributed by atoms with Gasteiger partial charge in [0.05, 0.1) is 12.5 Å². The number of nitrogens with one attached hydrogen (secondary N) is 1. The number of hydrogen-bond donors (Lipinski definition) is 1. The first-order valence-corrected chi connectivity index (χ1v) is 7.67. The van der Waals surface area contributed by atoms with Crippen LogP contribution in [-0.4, -0.2) is 20.5 Å². The van der Waals surface area contributed by atoms with Crippen molar-refractivity contribution in [1.29, 1.82) is 0 Å². The van der Waals surface area contributed by atoms with Gasteiger partial charge >= 0.3 is 0 Å². The van der Waals surface area contributed by atoms with Gasteiger partial charge in [0.15, 0.2) is 5.78 Å². The summed E-state index contributed by atoms with van der Waals surface area (Å²) >= 11 is 0. The summed E-state index contributed by atoms with van der Waals surface area (Å²) in [5, 5.41) is 0. The van der Waals surface area contributed by atoms with Crippen LogP contribution < -0.4 is 4.72 Å². The Morgan fingerprint density at radius 1 is 1.20 bits per heavy atom. The number of carbonyl (C=O) groups is 1. The number of furan rings is 1. The summed E-state index contributed by atoms with van der Waals surface area (Å²) in [6.45, 7) is 0. The van der Waals surface area contributed by atoms with Crippen LogP contribution in [0.2, 0.25) is 0 Å². The van der Waals surface area contributed by atoms with E-state index in [1.54, 1.807) is 30.3 Å². The lowest BCUT2D eigenvalue weighted by Crippen LogP contribution is -2.09. The number of benzene rings is 1. The molecule has 0 bridgehead atoms. The number of ketones is 1. The van der Waals surface area contributed by atoms with Crippen LogP contribution in [0.15, 0.2) is 53.2 Å². The van der Waals surface area contributed by atoms with Gasteiger partial charge in [-0.3, -0.25) is 9.52 Å². The van der Waals surface area contributed by atoms with Crippen molar-refractivity contribution in [1.82, 2.24) is 0 Å². The van der Waals surface area contributed by atoms with Crippen molar-refractivity contribution in [3.8, 4) is 0 Å². The number of hydrogen-bond acceptors (Lipinski definition) is 4. The maximum atomic E-state index is 11.9. The van der Waals surface area contributed by atoms with Crippen molar-refractivity contribution >= 4 is 27.6 Å². The first kappa shape index (κ1) is 14.1. The number of carbonyl (C=O) groups excluding carboxylic acids is 1. The van der Waals surface area contributed by atoms with Gasteiger partial charge in [-0.1, -0.05) is 0 Å². The smallest absolute Gasteiger partial charge is 0.229 e. The predicted octanol–water partition coefficient (Wildman–Crippen LogP) is 2.55. The summed E-state index contributed by atoms with van der Waals surface area (Å²) in [5.41, 5.74) is 0.880. The standard InChI is InChI=1S/C14H13NO4S/c1-20(17,18)15-12-6-4-11(5-7-12)14(16)9-8-13-3-2-10-19-13/h2-10,15H,1H3. The van der Waals surface area contributed by atoms with Crippen molar-refractivity contribution in [3.05, 3.63) is 60.1 Å². The van der Waals surface area contributed by atoms with Gasteiger partial charge in [-0.15, -0.1) is 0 Å². The van der Waals surface area contributed by atoms with Gasteiger partial charge < -0.3 is 4.42 Å². The molecule has 0 aliphatic rings. The normalized spacial score (nSPS) is 11.7. The van der Waals surface area contributed by atoms with Crippen LogP contribution in [0.25, 0.3) is 6.08 Å². The SMILES string of the molecule is CS(=O)(=O)Nc1ccc(C(=O)C=Cc2ccco2)cc1. The highest BCUT2D eigenvalue weighted by Crippen LogP contribution is 2.12. The van der Waals surface area contributed by atoms with E-state index in [2.05, 4.69) is 4.72 Å². The van der Waals surface area contributed by atoms with Gasteiger partial charge in [0.1, 0.15) is 5.76 Å². The quantitative estimate of drug-likeness (QED) is 0.678. The van der Waals surface area contributed by atoms with Gasteiger partial charge in [0.25, 0.3) is 0 Å². The van der Waals surface area contributed by atoms with Crippen LogP contribution in [0, 0.1) is 0 Å². The Labute approximate surface area is 117 Å².